The third kappa shape index (κ3) is 5.67. The molecule has 1 atom stereocenters. The number of rotatable bonds is 7. The predicted molar refractivity (Wildman–Crippen MR) is 119 cm³/mol. The van der Waals surface area contributed by atoms with Gasteiger partial charge in [0.2, 0.25) is 15.8 Å². The van der Waals surface area contributed by atoms with Crippen molar-refractivity contribution in [3.8, 4) is 0 Å². The summed E-state index contributed by atoms with van der Waals surface area (Å²) in [4.78, 5) is 24.3. The van der Waals surface area contributed by atoms with E-state index in [9.17, 15) is 31.2 Å². The van der Waals surface area contributed by atoms with E-state index in [0.29, 0.717) is 5.56 Å². The van der Waals surface area contributed by atoms with E-state index in [1.807, 2.05) is 19.1 Å². The molecule has 0 aromatic heterocycles. The van der Waals surface area contributed by atoms with Gasteiger partial charge < -0.3 is 4.74 Å². The Morgan fingerprint density at radius 1 is 1.06 bits per heavy atom. The van der Waals surface area contributed by atoms with Gasteiger partial charge in [0, 0.05) is 18.7 Å². The van der Waals surface area contributed by atoms with Crippen LogP contribution in [0.1, 0.15) is 48.2 Å². The summed E-state index contributed by atoms with van der Waals surface area (Å²) in [6.45, 7) is 3.21. The van der Waals surface area contributed by atoms with Gasteiger partial charge in [0.15, 0.2) is 6.10 Å². The quantitative estimate of drug-likeness (QED) is 0.416. The molecule has 0 spiro atoms. The lowest BCUT2D eigenvalue weighted by Gasteiger charge is -2.31. The van der Waals surface area contributed by atoms with Crippen LogP contribution in [0.4, 0.5) is 13.2 Å². The summed E-state index contributed by atoms with van der Waals surface area (Å²) in [7, 11) is -4.40. The maximum atomic E-state index is 13.3. The van der Waals surface area contributed by atoms with Gasteiger partial charge in [0.05, 0.1) is 16.4 Å². The van der Waals surface area contributed by atoms with Crippen molar-refractivity contribution in [3.05, 3.63) is 65.2 Å². The molecule has 0 N–H and O–H groups in total. The Labute approximate surface area is 196 Å². The highest BCUT2D eigenvalue weighted by Crippen LogP contribution is 2.36. The fourth-order valence-electron chi connectivity index (χ4n) is 3.86. The molecule has 1 unspecified atom stereocenters. The van der Waals surface area contributed by atoms with Crippen LogP contribution in [-0.4, -0.2) is 43.7 Å². The highest BCUT2D eigenvalue weighted by molar-refractivity contribution is 7.89. The molecule has 2 aromatic carbocycles. The van der Waals surface area contributed by atoms with E-state index in [1.54, 1.807) is 12.1 Å². The zero-order valence-electron chi connectivity index (χ0n) is 18.8. The third-order valence-corrected chi connectivity index (χ3v) is 7.86. The van der Waals surface area contributed by atoms with Crippen LogP contribution in [0.15, 0.2) is 53.4 Å². The van der Waals surface area contributed by atoms with E-state index < -0.39 is 44.6 Å². The Hall–Kier alpha value is -2.72. The van der Waals surface area contributed by atoms with Crippen molar-refractivity contribution < 1.29 is 35.9 Å². The molecule has 3 rings (SSSR count). The zero-order chi connectivity index (χ0) is 25.1. The minimum absolute atomic E-state index is 0.0817. The van der Waals surface area contributed by atoms with Gasteiger partial charge in [-0.05, 0) is 43.9 Å². The number of Topliss-reactive ketones (excluding diaryl/α,β-unsaturated/α-hetero) is 1. The lowest BCUT2D eigenvalue weighted by Crippen LogP contribution is -2.41. The minimum Gasteiger partial charge on any atom is -0.454 e. The van der Waals surface area contributed by atoms with Crippen molar-refractivity contribution in [2.45, 2.75) is 50.3 Å². The van der Waals surface area contributed by atoms with Crippen molar-refractivity contribution >= 4 is 21.8 Å². The van der Waals surface area contributed by atoms with Gasteiger partial charge >= 0.3 is 12.1 Å². The summed E-state index contributed by atoms with van der Waals surface area (Å²) >= 11 is 0. The molecule has 10 heteroatoms. The Morgan fingerprint density at radius 3 is 2.21 bits per heavy atom. The van der Waals surface area contributed by atoms with E-state index in [4.69, 9.17) is 4.74 Å². The number of aryl methyl sites for hydroxylation is 1. The largest absolute Gasteiger partial charge is 0.454 e. The second kappa shape index (κ2) is 10.3. The highest BCUT2D eigenvalue weighted by Gasteiger charge is 2.40. The first-order chi connectivity index (χ1) is 15.9. The van der Waals surface area contributed by atoms with Gasteiger partial charge in [-0.25, -0.2) is 8.42 Å². The van der Waals surface area contributed by atoms with Crippen LogP contribution in [0.5, 0.6) is 0 Å². The molecular weight excluding hydrogens is 471 g/mol. The van der Waals surface area contributed by atoms with E-state index in [-0.39, 0.29) is 31.7 Å². The molecule has 1 saturated heterocycles. The lowest BCUT2D eigenvalue weighted by atomic mass is 9.98. The van der Waals surface area contributed by atoms with Crippen LogP contribution in [-0.2, 0) is 32.2 Å². The van der Waals surface area contributed by atoms with Gasteiger partial charge in [-0.2, -0.15) is 17.5 Å². The van der Waals surface area contributed by atoms with E-state index in [1.165, 1.54) is 13.0 Å². The molecule has 1 heterocycles. The summed E-state index contributed by atoms with van der Waals surface area (Å²) in [5.41, 5.74) is 0.262. The number of esters is 1. The molecule has 1 aliphatic heterocycles. The van der Waals surface area contributed by atoms with Gasteiger partial charge in [-0.3, -0.25) is 9.59 Å². The second-order valence-corrected chi connectivity index (χ2v) is 10.1. The summed E-state index contributed by atoms with van der Waals surface area (Å²) in [5.74, 6) is -1.62. The van der Waals surface area contributed by atoms with Crippen LogP contribution >= 0.6 is 0 Å². The van der Waals surface area contributed by atoms with Crippen molar-refractivity contribution in [3.63, 3.8) is 0 Å². The SMILES string of the molecule is CCc1ccc(C(=O)C(C)OC(=O)C2CCN(S(=O)(=O)c3ccccc3C(F)(F)F)CC2)cc1. The summed E-state index contributed by atoms with van der Waals surface area (Å²) < 4.78 is 71.9. The number of benzene rings is 2. The molecule has 1 fully saturated rings. The second-order valence-electron chi connectivity index (χ2n) is 8.17. The van der Waals surface area contributed by atoms with Crippen molar-refractivity contribution in [2.75, 3.05) is 13.1 Å². The van der Waals surface area contributed by atoms with Crippen molar-refractivity contribution in [1.29, 1.82) is 0 Å². The average molecular weight is 498 g/mol. The van der Waals surface area contributed by atoms with Gasteiger partial charge in [0.25, 0.3) is 0 Å². The maximum absolute atomic E-state index is 13.3. The number of sulfonamides is 1. The molecule has 0 saturated carbocycles. The molecule has 6 nitrogen and oxygen atoms in total. The topological polar surface area (TPSA) is 80.8 Å². The van der Waals surface area contributed by atoms with Crippen LogP contribution in [0.2, 0.25) is 0 Å². The smallest absolute Gasteiger partial charge is 0.417 e. The third-order valence-electron chi connectivity index (χ3n) is 5.91. The number of alkyl halides is 3. The Morgan fingerprint density at radius 2 is 1.65 bits per heavy atom. The Bertz CT molecular complexity index is 1140. The number of hydrogen-bond donors (Lipinski definition) is 0. The van der Waals surface area contributed by atoms with Crippen LogP contribution in [0.25, 0.3) is 0 Å². The zero-order valence-corrected chi connectivity index (χ0v) is 19.7. The van der Waals surface area contributed by atoms with Crippen molar-refractivity contribution in [2.24, 2.45) is 5.92 Å². The van der Waals surface area contributed by atoms with Gasteiger partial charge in [0.1, 0.15) is 0 Å². The van der Waals surface area contributed by atoms with Crippen LogP contribution < -0.4 is 0 Å². The molecule has 0 aliphatic carbocycles. The molecule has 34 heavy (non-hydrogen) atoms. The molecule has 184 valence electrons. The molecule has 2 aromatic rings. The predicted octanol–water partition coefficient (Wildman–Crippen LogP) is 4.48. The monoisotopic (exact) mass is 497 g/mol. The number of carbonyl (C=O) groups is 2. The molecular formula is C24H26F3NO5S. The Kier molecular flexibility index (Phi) is 7.82. The normalized spacial score (nSPS) is 16.7. The number of ketones is 1. The number of hydrogen-bond acceptors (Lipinski definition) is 5. The minimum atomic E-state index is -4.81. The van der Waals surface area contributed by atoms with E-state index >= 15 is 0 Å². The van der Waals surface area contributed by atoms with E-state index in [2.05, 4.69) is 0 Å². The Balaban J connectivity index is 1.62. The first-order valence-electron chi connectivity index (χ1n) is 10.9. The number of nitrogens with zero attached hydrogens (tertiary/aromatic N) is 1. The number of halogens is 3. The average Bonchev–Trinajstić information content (AvgIpc) is 2.83. The van der Waals surface area contributed by atoms with Gasteiger partial charge in [-0.1, -0.05) is 43.3 Å². The summed E-state index contributed by atoms with van der Waals surface area (Å²) in [6, 6.07) is 11.0. The summed E-state index contributed by atoms with van der Waals surface area (Å²) in [6.07, 6.45) is -4.84. The molecule has 0 amide bonds. The lowest BCUT2D eigenvalue weighted by molar-refractivity contribution is -0.152. The standard InChI is InChI=1S/C24H26F3NO5S/c1-3-17-8-10-18(11-9-17)22(29)16(2)33-23(30)19-12-14-28(15-13-19)34(31,32)21-7-5-4-6-20(21)24(25,26)27/h4-11,16,19H,3,12-15H2,1-2H3. The molecule has 0 bridgehead atoms. The van der Waals surface area contributed by atoms with Crippen molar-refractivity contribution in [1.82, 2.24) is 4.31 Å². The maximum Gasteiger partial charge on any atom is 0.417 e. The van der Waals surface area contributed by atoms with E-state index in [0.717, 1.165) is 34.5 Å². The number of piperidine rings is 1. The number of ether oxygens (including phenoxy) is 1. The first kappa shape index (κ1) is 25.9. The fourth-order valence-corrected chi connectivity index (χ4v) is 5.54. The molecule has 1 aliphatic rings. The highest BCUT2D eigenvalue weighted by atomic mass is 32.2. The number of carbonyl (C=O) groups excluding carboxylic acids is 2. The van der Waals surface area contributed by atoms with Gasteiger partial charge in [-0.15, -0.1) is 0 Å². The summed E-state index contributed by atoms with van der Waals surface area (Å²) in [5, 5.41) is 0. The molecule has 0 radical (unpaired) electrons. The first-order valence-corrected chi connectivity index (χ1v) is 12.4. The fraction of sp³-hybridized carbons (Fsp3) is 0.417. The van der Waals surface area contributed by atoms with Crippen LogP contribution in [0.3, 0.4) is 0 Å². The van der Waals surface area contributed by atoms with Crippen LogP contribution in [0, 0.1) is 5.92 Å².